The molecule has 0 bridgehead atoms. The number of hydrogen-bond acceptors (Lipinski definition) is 4. The first kappa shape index (κ1) is 11.6. The van der Waals surface area contributed by atoms with E-state index < -0.39 is 6.04 Å². The van der Waals surface area contributed by atoms with Gasteiger partial charge in [0.15, 0.2) is 0 Å². The minimum atomic E-state index is -0.397. The molecule has 0 radical (unpaired) electrons. The van der Waals surface area contributed by atoms with Gasteiger partial charge >= 0.3 is 0 Å². The molecule has 1 aromatic heterocycles. The molecule has 2 heterocycles. The third-order valence-electron chi connectivity index (χ3n) is 3.13. The number of carbonyl (C=O) groups is 1. The molecule has 0 aromatic carbocycles. The van der Waals surface area contributed by atoms with E-state index in [0.717, 1.165) is 19.3 Å². The van der Waals surface area contributed by atoms with Crippen LogP contribution in [0.15, 0.2) is 12.7 Å². The van der Waals surface area contributed by atoms with Crippen molar-refractivity contribution in [1.82, 2.24) is 19.7 Å². The number of rotatable bonds is 2. The lowest BCUT2D eigenvalue weighted by molar-refractivity contribution is -0.137. The molecule has 2 atom stereocenters. The Morgan fingerprint density at radius 2 is 2.41 bits per heavy atom. The molecule has 1 saturated heterocycles. The smallest absolute Gasteiger partial charge is 0.248 e. The number of piperidine rings is 1. The van der Waals surface area contributed by atoms with Crippen LogP contribution in [0.25, 0.3) is 0 Å². The van der Waals surface area contributed by atoms with E-state index in [0.29, 0.717) is 6.54 Å². The van der Waals surface area contributed by atoms with Gasteiger partial charge in [-0.25, -0.2) is 9.67 Å². The molecular weight excluding hydrogens is 218 g/mol. The van der Waals surface area contributed by atoms with Gasteiger partial charge < -0.3 is 4.90 Å². The maximum absolute atomic E-state index is 12.3. The van der Waals surface area contributed by atoms with Gasteiger partial charge in [-0.1, -0.05) is 0 Å². The summed E-state index contributed by atoms with van der Waals surface area (Å²) in [5.41, 5.74) is 0. The molecule has 2 rings (SSSR count). The normalized spacial score (nSPS) is 21.9. The van der Waals surface area contributed by atoms with E-state index in [2.05, 4.69) is 16.2 Å². The zero-order valence-corrected chi connectivity index (χ0v) is 9.78. The van der Waals surface area contributed by atoms with Gasteiger partial charge in [0.05, 0.1) is 6.07 Å². The third-order valence-corrected chi connectivity index (χ3v) is 3.13. The Balaban J connectivity index is 2.11. The molecule has 6 nitrogen and oxygen atoms in total. The number of amides is 1. The monoisotopic (exact) mass is 233 g/mol. The van der Waals surface area contributed by atoms with Crippen LogP contribution in [0.3, 0.4) is 0 Å². The summed E-state index contributed by atoms with van der Waals surface area (Å²) in [6, 6.07) is 1.51. The molecule has 90 valence electrons. The van der Waals surface area contributed by atoms with Crippen molar-refractivity contribution in [2.45, 2.75) is 38.3 Å². The van der Waals surface area contributed by atoms with Crippen molar-refractivity contribution in [2.24, 2.45) is 0 Å². The number of aromatic nitrogens is 3. The average Bonchev–Trinajstić information content (AvgIpc) is 2.90. The summed E-state index contributed by atoms with van der Waals surface area (Å²) < 4.78 is 1.52. The Hall–Kier alpha value is -1.90. The minimum Gasteiger partial charge on any atom is -0.325 e. The first-order valence-corrected chi connectivity index (χ1v) is 5.78. The highest BCUT2D eigenvalue weighted by Crippen LogP contribution is 2.20. The predicted octanol–water partition coefficient (Wildman–Crippen LogP) is 0.744. The summed E-state index contributed by atoms with van der Waals surface area (Å²) in [7, 11) is 0. The number of likely N-dealkylation sites (tertiary alicyclic amines) is 1. The lowest BCUT2D eigenvalue weighted by Crippen LogP contribution is -2.45. The fraction of sp³-hybridized carbons (Fsp3) is 0.636. The lowest BCUT2D eigenvalue weighted by Gasteiger charge is -2.33. The molecule has 1 amide bonds. The summed E-state index contributed by atoms with van der Waals surface area (Å²) in [6.07, 6.45) is 5.68. The molecule has 1 aliphatic heterocycles. The second-order valence-corrected chi connectivity index (χ2v) is 4.22. The van der Waals surface area contributed by atoms with Crippen molar-refractivity contribution < 1.29 is 4.79 Å². The molecule has 2 unspecified atom stereocenters. The van der Waals surface area contributed by atoms with Crippen LogP contribution in [-0.4, -0.2) is 38.2 Å². The van der Waals surface area contributed by atoms with Crippen LogP contribution in [0.1, 0.15) is 32.2 Å². The van der Waals surface area contributed by atoms with Crippen molar-refractivity contribution in [3.8, 4) is 6.07 Å². The van der Waals surface area contributed by atoms with Gasteiger partial charge in [0.25, 0.3) is 0 Å². The summed E-state index contributed by atoms with van der Waals surface area (Å²) in [4.78, 5) is 17.7. The second kappa shape index (κ2) is 4.95. The average molecular weight is 233 g/mol. The van der Waals surface area contributed by atoms with Gasteiger partial charge in [0.1, 0.15) is 24.7 Å². The van der Waals surface area contributed by atoms with Crippen LogP contribution in [0.5, 0.6) is 0 Å². The van der Waals surface area contributed by atoms with Gasteiger partial charge in [-0.3, -0.25) is 4.79 Å². The lowest BCUT2D eigenvalue weighted by atomic mass is 10.0. The van der Waals surface area contributed by atoms with E-state index in [9.17, 15) is 4.79 Å². The summed E-state index contributed by atoms with van der Waals surface area (Å²) in [5, 5.41) is 13.0. The number of nitriles is 1. The maximum Gasteiger partial charge on any atom is 0.248 e. The van der Waals surface area contributed by atoms with Gasteiger partial charge in [0.2, 0.25) is 5.91 Å². The van der Waals surface area contributed by atoms with Gasteiger partial charge in [-0.15, -0.1) is 0 Å². The second-order valence-electron chi connectivity index (χ2n) is 4.22. The van der Waals surface area contributed by atoms with E-state index in [-0.39, 0.29) is 11.9 Å². The summed E-state index contributed by atoms with van der Waals surface area (Å²) in [6.45, 7) is 2.44. The highest BCUT2D eigenvalue weighted by molar-refractivity contribution is 5.80. The molecule has 0 N–H and O–H groups in total. The molecule has 1 fully saturated rings. The summed E-state index contributed by atoms with van der Waals surface area (Å²) >= 11 is 0. The highest BCUT2D eigenvalue weighted by atomic mass is 16.2. The minimum absolute atomic E-state index is 0.0539. The van der Waals surface area contributed by atoms with Crippen molar-refractivity contribution in [2.75, 3.05) is 6.54 Å². The largest absolute Gasteiger partial charge is 0.325 e. The van der Waals surface area contributed by atoms with Crippen molar-refractivity contribution in [3.05, 3.63) is 12.7 Å². The summed E-state index contributed by atoms with van der Waals surface area (Å²) in [5.74, 6) is -0.0539. The zero-order valence-electron chi connectivity index (χ0n) is 9.78. The Morgan fingerprint density at radius 3 is 3.06 bits per heavy atom. The van der Waals surface area contributed by atoms with Crippen LogP contribution in [0.4, 0.5) is 0 Å². The third kappa shape index (κ3) is 2.28. The molecule has 0 saturated carbocycles. The maximum atomic E-state index is 12.3. The molecule has 0 spiro atoms. The van der Waals surface area contributed by atoms with Gasteiger partial charge in [-0.05, 0) is 26.2 Å². The van der Waals surface area contributed by atoms with Crippen LogP contribution < -0.4 is 0 Å². The topological polar surface area (TPSA) is 74.8 Å². The Labute approximate surface area is 99.9 Å². The molecular formula is C11H15N5O. The first-order chi connectivity index (χ1) is 8.24. The molecule has 1 aliphatic rings. The van der Waals surface area contributed by atoms with E-state index >= 15 is 0 Å². The van der Waals surface area contributed by atoms with Crippen molar-refractivity contribution in [3.63, 3.8) is 0 Å². The van der Waals surface area contributed by atoms with E-state index in [1.807, 2.05) is 0 Å². The van der Waals surface area contributed by atoms with Gasteiger partial charge in [-0.2, -0.15) is 10.4 Å². The number of carbonyl (C=O) groups excluding carboxylic acids is 1. The Bertz CT molecular complexity index is 422. The van der Waals surface area contributed by atoms with Crippen LogP contribution >= 0.6 is 0 Å². The van der Waals surface area contributed by atoms with Crippen LogP contribution in [-0.2, 0) is 4.79 Å². The quantitative estimate of drug-likeness (QED) is 0.755. The SMILES string of the molecule is CC(C(=O)N1CCCCC1C#N)n1cncn1. The standard InChI is InChI=1S/C11H15N5O/c1-9(16-8-13-7-14-16)11(17)15-5-3-2-4-10(15)6-12/h7-10H,2-5H2,1H3. The fourth-order valence-electron chi connectivity index (χ4n) is 2.10. The van der Waals surface area contributed by atoms with E-state index in [1.165, 1.54) is 17.3 Å². The van der Waals surface area contributed by atoms with E-state index in [4.69, 9.17) is 5.26 Å². The predicted molar refractivity (Wildman–Crippen MR) is 59.7 cm³/mol. The number of hydrogen-bond donors (Lipinski definition) is 0. The fourth-order valence-corrected chi connectivity index (χ4v) is 2.10. The van der Waals surface area contributed by atoms with Gasteiger partial charge in [0, 0.05) is 6.54 Å². The molecule has 6 heteroatoms. The number of nitrogens with zero attached hydrogens (tertiary/aromatic N) is 5. The highest BCUT2D eigenvalue weighted by Gasteiger charge is 2.30. The van der Waals surface area contributed by atoms with Crippen molar-refractivity contribution >= 4 is 5.91 Å². The Kier molecular flexibility index (Phi) is 3.38. The van der Waals surface area contributed by atoms with Crippen LogP contribution in [0.2, 0.25) is 0 Å². The Morgan fingerprint density at radius 1 is 1.59 bits per heavy atom. The molecule has 0 aliphatic carbocycles. The molecule has 17 heavy (non-hydrogen) atoms. The van der Waals surface area contributed by atoms with Crippen LogP contribution in [0, 0.1) is 11.3 Å². The van der Waals surface area contributed by atoms with Crippen molar-refractivity contribution in [1.29, 1.82) is 5.26 Å². The zero-order chi connectivity index (χ0) is 12.3. The molecule has 1 aromatic rings. The van der Waals surface area contributed by atoms with E-state index in [1.54, 1.807) is 11.8 Å². The first-order valence-electron chi connectivity index (χ1n) is 5.78.